The van der Waals surface area contributed by atoms with Crippen molar-refractivity contribution in [3.63, 3.8) is 0 Å². The number of hydrogen-bond acceptors (Lipinski definition) is 2. The quantitative estimate of drug-likeness (QED) is 0.613. The average molecular weight is 259 g/mol. The van der Waals surface area contributed by atoms with Gasteiger partial charge in [-0.3, -0.25) is 9.36 Å². The number of aromatic nitrogens is 2. The average Bonchev–Trinajstić information content (AvgIpc) is 2.40. The maximum Gasteiger partial charge on any atom is 0.259 e. The van der Waals surface area contributed by atoms with Crippen molar-refractivity contribution >= 4 is 11.6 Å². The van der Waals surface area contributed by atoms with Crippen molar-refractivity contribution in [1.29, 1.82) is 0 Å². The van der Waals surface area contributed by atoms with Crippen molar-refractivity contribution in [2.45, 2.75) is 13.5 Å². The van der Waals surface area contributed by atoms with Gasteiger partial charge in [-0.15, -0.1) is 6.42 Å². The molecule has 18 heavy (non-hydrogen) atoms. The van der Waals surface area contributed by atoms with Crippen LogP contribution < -0.4 is 5.56 Å². The standard InChI is InChI=1S/C14H11ClN2O/c1-3-9-17-13(11-7-5-4-6-8-11)16-12(15)10(2)14(17)18/h1,4-8H,9H2,2H3. The molecule has 1 aromatic carbocycles. The first-order chi connectivity index (χ1) is 8.65. The van der Waals surface area contributed by atoms with Crippen molar-refractivity contribution in [2.24, 2.45) is 0 Å². The van der Waals surface area contributed by atoms with Gasteiger partial charge in [0.15, 0.2) is 0 Å². The van der Waals surface area contributed by atoms with E-state index in [1.54, 1.807) is 6.92 Å². The molecule has 0 aliphatic rings. The van der Waals surface area contributed by atoms with Gasteiger partial charge in [-0.05, 0) is 6.92 Å². The van der Waals surface area contributed by atoms with Gasteiger partial charge in [0, 0.05) is 5.56 Å². The number of halogens is 1. The molecule has 0 amide bonds. The summed E-state index contributed by atoms with van der Waals surface area (Å²) in [5, 5.41) is 0.215. The lowest BCUT2D eigenvalue weighted by Gasteiger charge is -2.11. The topological polar surface area (TPSA) is 34.9 Å². The third-order valence-electron chi connectivity index (χ3n) is 2.62. The van der Waals surface area contributed by atoms with E-state index in [0.717, 1.165) is 5.56 Å². The molecule has 1 heterocycles. The summed E-state index contributed by atoms with van der Waals surface area (Å²) in [6.07, 6.45) is 5.29. The molecule has 90 valence electrons. The molecule has 0 atom stereocenters. The van der Waals surface area contributed by atoms with E-state index >= 15 is 0 Å². The molecule has 0 spiro atoms. The highest BCUT2D eigenvalue weighted by molar-refractivity contribution is 6.30. The fourth-order valence-corrected chi connectivity index (χ4v) is 1.83. The van der Waals surface area contributed by atoms with Crippen LogP contribution >= 0.6 is 11.6 Å². The van der Waals surface area contributed by atoms with Gasteiger partial charge in [-0.25, -0.2) is 4.98 Å². The Morgan fingerprint density at radius 2 is 2.06 bits per heavy atom. The zero-order valence-corrected chi connectivity index (χ0v) is 10.6. The van der Waals surface area contributed by atoms with Gasteiger partial charge in [0.1, 0.15) is 11.0 Å². The second-order valence-electron chi connectivity index (χ2n) is 3.81. The predicted molar refractivity (Wildman–Crippen MR) is 72.5 cm³/mol. The molecule has 3 nitrogen and oxygen atoms in total. The van der Waals surface area contributed by atoms with E-state index in [0.29, 0.717) is 11.4 Å². The Morgan fingerprint density at radius 3 is 2.67 bits per heavy atom. The molecule has 0 bridgehead atoms. The van der Waals surface area contributed by atoms with Gasteiger partial charge < -0.3 is 0 Å². The van der Waals surface area contributed by atoms with Crippen LogP contribution in [0.5, 0.6) is 0 Å². The summed E-state index contributed by atoms with van der Waals surface area (Å²) in [5.41, 5.74) is 1.02. The number of nitrogens with zero attached hydrogens (tertiary/aromatic N) is 2. The molecule has 0 radical (unpaired) electrons. The number of rotatable bonds is 2. The molecule has 0 aliphatic heterocycles. The van der Waals surface area contributed by atoms with Crippen LogP contribution in [0.1, 0.15) is 5.56 Å². The molecule has 4 heteroatoms. The van der Waals surface area contributed by atoms with Gasteiger partial charge in [0.25, 0.3) is 5.56 Å². The normalized spacial score (nSPS) is 10.1. The largest absolute Gasteiger partial charge is 0.281 e. The van der Waals surface area contributed by atoms with E-state index in [4.69, 9.17) is 18.0 Å². The van der Waals surface area contributed by atoms with Crippen LogP contribution in [0, 0.1) is 19.3 Å². The number of hydrogen-bond donors (Lipinski definition) is 0. The maximum atomic E-state index is 12.1. The summed E-state index contributed by atoms with van der Waals surface area (Å²) in [6, 6.07) is 9.36. The van der Waals surface area contributed by atoms with E-state index in [-0.39, 0.29) is 17.3 Å². The van der Waals surface area contributed by atoms with Crippen molar-refractivity contribution < 1.29 is 0 Å². The SMILES string of the molecule is C#CCn1c(-c2ccccc2)nc(Cl)c(C)c1=O. The van der Waals surface area contributed by atoms with Gasteiger partial charge in [0.05, 0.1) is 12.1 Å². The molecule has 0 fully saturated rings. The fourth-order valence-electron chi connectivity index (χ4n) is 1.67. The molecular weight excluding hydrogens is 248 g/mol. The van der Waals surface area contributed by atoms with Crippen LogP contribution in [-0.4, -0.2) is 9.55 Å². The summed E-state index contributed by atoms with van der Waals surface area (Å²) in [4.78, 5) is 16.4. The number of terminal acetylenes is 1. The first kappa shape index (κ1) is 12.4. The Bertz CT molecular complexity index is 669. The zero-order chi connectivity index (χ0) is 13.1. The van der Waals surface area contributed by atoms with Crippen LogP contribution in [0.4, 0.5) is 0 Å². The first-order valence-corrected chi connectivity index (χ1v) is 5.78. The van der Waals surface area contributed by atoms with E-state index in [1.807, 2.05) is 30.3 Å². The van der Waals surface area contributed by atoms with Crippen molar-refractivity contribution in [3.05, 3.63) is 51.4 Å². The molecule has 0 saturated carbocycles. The minimum atomic E-state index is -0.202. The van der Waals surface area contributed by atoms with Crippen molar-refractivity contribution in [2.75, 3.05) is 0 Å². The molecule has 0 saturated heterocycles. The summed E-state index contributed by atoms with van der Waals surface area (Å²) in [5.74, 6) is 2.96. The van der Waals surface area contributed by atoms with Crippen LogP contribution in [0.15, 0.2) is 35.1 Å². The van der Waals surface area contributed by atoms with E-state index in [1.165, 1.54) is 4.57 Å². The lowest BCUT2D eigenvalue weighted by atomic mass is 10.2. The predicted octanol–water partition coefficient (Wildman–Crippen LogP) is 2.51. The minimum absolute atomic E-state index is 0.175. The summed E-state index contributed by atoms with van der Waals surface area (Å²) >= 11 is 5.97. The Kier molecular flexibility index (Phi) is 3.50. The molecule has 0 N–H and O–H groups in total. The summed E-state index contributed by atoms with van der Waals surface area (Å²) in [6.45, 7) is 1.81. The van der Waals surface area contributed by atoms with E-state index in [9.17, 15) is 4.79 Å². The maximum absolute atomic E-state index is 12.1. The monoisotopic (exact) mass is 258 g/mol. The third-order valence-corrected chi connectivity index (χ3v) is 2.98. The van der Waals surface area contributed by atoms with Gasteiger partial charge in [0.2, 0.25) is 0 Å². The zero-order valence-electron chi connectivity index (χ0n) is 9.85. The highest BCUT2D eigenvalue weighted by Gasteiger charge is 2.12. The van der Waals surface area contributed by atoms with Crippen molar-refractivity contribution in [1.82, 2.24) is 9.55 Å². The van der Waals surface area contributed by atoms with Gasteiger partial charge in [-0.2, -0.15) is 0 Å². The van der Waals surface area contributed by atoms with Crippen LogP contribution in [0.3, 0.4) is 0 Å². The second-order valence-corrected chi connectivity index (χ2v) is 4.17. The minimum Gasteiger partial charge on any atom is -0.281 e. The Hall–Kier alpha value is -2.05. The molecule has 0 aliphatic carbocycles. The first-order valence-electron chi connectivity index (χ1n) is 5.41. The summed E-state index contributed by atoms with van der Waals surface area (Å²) < 4.78 is 1.45. The highest BCUT2D eigenvalue weighted by Crippen LogP contribution is 2.18. The summed E-state index contributed by atoms with van der Waals surface area (Å²) in [7, 11) is 0. The molecule has 2 aromatic rings. The number of benzene rings is 1. The van der Waals surface area contributed by atoms with Crippen LogP contribution in [0.25, 0.3) is 11.4 Å². The lowest BCUT2D eigenvalue weighted by Crippen LogP contribution is -2.25. The van der Waals surface area contributed by atoms with Gasteiger partial charge >= 0.3 is 0 Å². The molecule has 1 aromatic heterocycles. The van der Waals surface area contributed by atoms with Crippen LogP contribution in [-0.2, 0) is 6.54 Å². The van der Waals surface area contributed by atoms with Crippen molar-refractivity contribution in [3.8, 4) is 23.7 Å². The smallest absolute Gasteiger partial charge is 0.259 e. The van der Waals surface area contributed by atoms with Gasteiger partial charge in [-0.1, -0.05) is 47.9 Å². The fraction of sp³-hybridized carbons (Fsp3) is 0.143. The molecule has 0 unspecified atom stereocenters. The Labute approximate surface area is 110 Å². The highest BCUT2D eigenvalue weighted by atomic mass is 35.5. The molecular formula is C14H11ClN2O. The second kappa shape index (κ2) is 5.07. The Balaban J connectivity index is 2.75. The van der Waals surface area contributed by atoms with E-state index < -0.39 is 0 Å². The third kappa shape index (κ3) is 2.15. The molecule has 2 rings (SSSR count). The lowest BCUT2D eigenvalue weighted by molar-refractivity contribution is 0.771. The van der Waals surface area contributed by atoms with Crippen LogP contribution in [0.2, 0.25) is 5.15 Å². The Morgan fingerprint density at radius 1 is 1.39 bits per heavy atom. The van der Waals surface area contributed by atoms with E-state index in [2.05, 4.69) is 10.9 Å².